The van der Waals surface area contributed by atoms with Gasteiger partial charge in [0, 0.05) is 32.0 Å². The van der Waals surface area contributed by atoms with E-state index in [0.29, 0.717) is 24.1 Å². The number of rotatable bonds is 8. The number of ether oxygens (including phenoxy) is 1. The van der Waals surface area contributed by atoms with Gasteiger partial charge in [0.2, 0.25) is 0 Å². The van der Waals surface area contributed by atoms with Crippen molar-refractivity contribution in [3.05, 3.63) is 96.6 Å². The van der Waals surface area contributed by atoms with Gasteiger partial charge in [0.1, 0.15) is 11.3 Å². The topological polar surface area (TPSA) is 67.7 Å². The SMILES string of the molecule is CC1(c2cccc3ccccc23)C(=O)N(CCCn2ccnc2)C(=O)N1Cc1cccc(OC(F)(F)F)c1. The number of aromatic nitrogens is 2. The van der Waals surface area contributed by atoms with E-state index in [9.17, 15) is 22.8 Å². The van der Waals surface area contributed by atoms with E-state index in [0.717, 1.165) is 10.8 Å². The highest BCUT2D eigenvalue weighted by Gasteiger charge is 2.55. The highest BCUT2D eigenvalue weighted by Crippen LogP contribution is 2.41. The largest absolute Gasteiger partial charge is 0.573 e. The molecule has 2 heterocycles. The van der Waals surface area contributed by atoms with Crippen molar-refractivity contribution in [1.29, 1.82) is 0 Å². The number of hydrogen-bond donors (Lipinski definition) is 0. The molecule has 196 valence electrons. The van der Waals surface area contributed by atoms with Crippen LogP contribution < -0.4 is 4.74 Å². The van der Waals surface area contributed by atoms with Crippen molar-refractivity contribution in [1.82, 2.24) is 19.4 Å². The molecule has 10 heteroatoms. The second-order valence-electron chi connectivity index (χ2n) is 9.27. The Hall–Kier alpha value is -4.34. The fraction of sp³-hybridized carbons (Fsp3) is 0.250. The van der Waals surface area contributed by atoms with Gasteiger partial charge in [-0.3, -0.25) is 9.69 Å². The average molecular weight is 523 g/mol. The number of nitrogens with zero attached hydrogens (tertiary/aromatic N) is 4. The molecule has 7 nitrogen and oxygen atoms in total. The third kappa shape index (κ3) is 4.81. The quantitative estimate of drug-likeness (QED) is 0.278. The van der Waals surface area contributed by atoms with Crippen LogP contribution in [0.2, 0.25) is 0 Å². The van der Waals surface area contributed by atoms with Gasteiger partial charge in [-0.25, -0.2) is 9.78 Å². The third-order valence-electron chi connectivity index (χ3n) is 6.81. The average Bonchev–Trinajstić information content (AvgIpc) is 3.46. The van der Waals surface area contributed by atoms with Crippen LogP contribution in [0.1, 0.15) is 24.5 Å². The highest BCUT2D eigenvalue weighted by molar-refractivity contribution is 6.09. The Morgan fingerprint density at radius 2 is 1.74 bits per heavy atom. The summed E-state index contributed by atoms with van der Waals surface area (Å²) in [5.41, 5.74) is -0.332. The van der Waals surface area contributed by atoms with Crippen LogP contribution in [0.15, 0.2) is 85.5 Å². The van der Waals surface area contributed by atoms with Crippen LogP contribution >= 0.6 is 0 Å². The monoisotopic (exact) mass is 522 g/mol. The van der Waals surface area contributed by atoms with E-state index in [1.165, 1.54) is 28.0 Å². The number of fused-ring (bicyclic) bond motifs is 1. The molecule has 1 aliphatic rings. The minimum absolute atomic E-state index is 0.0859. The molecule has 3 amide bonds. The number of benzene rings is 3. The van der Waals surface area contributed by atoms with E-state index in [2.05, 4.69) is 9.72 Å². The molecule has 1 unspecified atom stereocenters. The number of imide groups is 1. The Balaban J connectivity index is 1.52. The number of hydrogen-bond acceptors (Lipinski definition) is 4. The van der Waals surface area contributed by atoms with Crippen molar-refractivity contribution < 1.29 is 27.5 Å². The first kappa shape index (κ1) is 25.3. The standard InChI is InChI=1S/C28H25F3N4O3/c1-27(24-12-5-9-21-8-2-3-11-23(21)24)25(36)34(15-6-14-33-16-13-32-19-33)26(37)35(27)18-20-7-4-10-22(17-20)38-28(29,30)31/h2-5,7-13,16-17,19H,6,14-15,18H2,1H3. The van der Waals surface area contributed by atoms with Gasteiger partial charge in [-0.05, 0) is 47.4 Å². The van der Waals surface area contributed by atoms with Crippen LogP contribution in [0.25, 0.3) is 10.8 Å². The lowest BCUT2D eigenvalue weighted by Gasteiger charge is -2.33. The van der Waals surface area contributed by atoms with Crippen LogP contribution in [-0.2, 0) is 23.4 Å². The predicted octanol–water partition coefficient (Wildman–Crippen LogP) is 5.70. The number of aryl methyl sites for hydroxylation is 1. The van der Waals surface area contributed by atoms with Crippen LogP contribution in [0.3, 0.4) is 0 Å². The van der Waals surface area contributed by atoms with Crippen LogP contribution in [0, 0.1) is 0 Å². The predicted molar refractivity (Wildman–Crippen MR) is 134 cm³/mol. The number of imidazole rings is 1. The first-order valence-corrected chi connectivity index (χ1v) is 12.1. The van der Waals surface area contributed by atoms with Gasteiger partial charge in [-0.1, -0.05) is 54.6 Å². The van der Waals surface area contributed by atoms with Crippen LogP contribution in [-0.4, -0.2) is 44.2 Å². The summed E-state index contributed by atoms with van der Waals surface area (Å²) in [7, 11) is 0. The molecule has 3 aromatic carbocycles. The van der Waals surface area contributed by atoms with Crippen LogP contribution in [0.4, 0.5) is 18.0 Å². The normalized spacial score (nSPS) is 18.0. The molecule has 0 spiro atoms. The summed E-state index contributed by atoms with van der Waals surface area (Å²) in [6.45, 7) is 2.36. The number of urea groups is 1. The summed E-state index contributed by atoms with van der Waals surface area (Å²) in [6, 6.07) is 18.1. The molecule has 1 saturated heterocycles. The van der Waals surface area contributed by atoms with Gasteiger partial charge in [0.15, 0.2) is 0 Å². The molecule has 1 aromatic heterocycles. The second kappa shape index (κ2) is 9.85. The minimum Gasteiger partial charge on any atom is -0.406 e. The summed E-state index contributed by atoms with van der Waals surface area (Å²) < 4.78 is 44.4. The maximum Gasteiger partial charge on any atom is 0.573 e. The zero-order chi connectivity index (χ0) is 26.9. The summed E-state index contributed by atoms with van der Waals surface area (Å²) in [6.07, 6.45) is 0.790. The molecule has 0 aliphatic carbocycles. The molecule has 0 radical (unpaired) electrons. The summed E-state index contributed by atoms with van der Waals surface area (Å²) in [4.78, 5) is 34.4. The Morgan fingerprint density at radius 1 is 0.974 bits per heavy atom. The van der Waals surface area contributed by atoms with E-state index in [1.54, 1.807) is 31.7 Å². The molecule has 4 aromatic rings. The minimum atomic E-state index is -4.85. The van der Waals surface area contributed by atoms with Crippen molar-refractivity contribution in [3.63, 3.8) is 0 Å². The van der Waals surface area contributed by atoms with Crippen molar-refractivity contribution in [2.45, 2.75) is 38.3 Å². The number of halogens is 3. The number of carbonyl (C=O) groups excluding carboxylic acids is 2. The van der Waals surface area contributed by atoms with E-state index >= 15 is 0 Å². The molecule has 1 aliphatic heterocycles. The molecule has 1 fully saturated rings. The number of alkyl halides is 3. The molecular formula is C28H25F3N4O3. The maximum absolute atomic E-state index is 14.0. The Kier molecular flexibility index (Phi) is 6.56. The van der Waals surface area contributed by atoms with E-state index in [1.807, 2.05) is 47.0 Å². The van der Waals surface area contributed by atoms with E-state index < -0.39 is 23.7 Å². The van der Waals surface area contributed by atoms with Crippen molar-refractivity contribution >= 4 is 22.7 Å². The van der Waals surface area contributed by atoms with Crippen molar-refractivity contribution in [3.8, 4) is 5.75 Å². The lowest BCUT2D eigenvalue weighted by molar-refractivity contribution is -0.274. The lowest BCUT2D eigenvalue weighted by Crippen LogP contribution is -2.44. The second-order valence-corrected chi connectivity index (χ2v) is 9.27. The van der Waals surface area contributed by atoms with Gasteiger partial charge in [-0.2, -0.15) is 0 Å². The first-order chi connectivity index (χ1) is 18.2. The lowest BCUT2D eigenvalue weighted by atomic mass is 9.86. The number of carbonyl (C=O) groups is 2. The Labute approximate surface area is 217 Å². The zero-order valence-corrected chi connectivity index (χ0v) is 20.6. The van der Waals surface area contributed by atoms with Crippen molar-refractivity contribution in [2.24, 2.45) is 0 Å². The molecule has 5 rings (SSSR count). The Morgan fingerprint density at radius 3 is 2.50 bits per heavy atom. The van der Waals surface area contributed by atoms with Crippen LogP contribution in [0.5, 0.6) is 5.75 Å². The smallest absolute Gasteiger partial charge is 0.406 e. The fourth-order valence-corrected chi connectivity index (χ4v) is 4.99. The molecule has 38 heavy (non-hydrogen) atoms. The van der Waals surface area contributed by atoms with Gasteiger partial charge in [0.25, 0.3) is 5.91 Å². The highest BCUT2D eigenvalue weighted by atomic mass is 19.4. The zero-order valence-electron chi connectivity index (χ0n) is 20.6. The Bertz CT molecular complexity index is 1470. The number of amides is 3. The van der Waals surface area contributed by atoms with Gasteiger partial charge in [-0.15, -0.1) is 13.2 Å². The molecule has 0 saturated carbocycles. The fourth-order valence-electron chi connectivity index (χ4n) is 4.99. The third-order valence-corrected chi connectivity index (χ3v) is 6.81. The van der Waals surface area contributed by atoms with E-state index in [4.69, 9.17) is 0 Å². The summed E-state index contributed by atoms with van der Waals surface area (Å²) >= 11 is 0. The van der Waals surface area contributed by atoms with Gasteiger partial charge < -0.3 is 14.2 Å². The summed E-state index contributed by atoms with van der Waals surface area (Å²) in [5, 5.41) is 1.73. The maximum atomic E-state index is 14.0. The molecular weight excluding hydrogens is 497 g/mol. The first-order valence-electron chi connectivity index (χ1n) is 12.1. The van der Waals surface area contributed by atoms with E-state index in [-0.39, 0.29) is 19.0 Å². The van der Waals surface area contributed by atoms with Gasteiger partial charge in [0.05, 0.1) is 6.33 Å². The van der Waals surface area contributed by atoms with Gasteiger partial charge >= 0.3 is 12.4 Å². The van der Waals surface area contributed by atoms with Crippen molar-refractivity contribution in [2.75, 3.05) is 6.54 Å². The summed E-state index contributed by atoms with van der Waals surface area (Å²) in [5.74, 6) is -0.774. The molecule has 0 N–H and O–H groups in total. The molecule has 1 atom stereocenters. The molecule has 0 bridgehead atoms.